The Kier molecular flexibility index (Phi) is 5.50. The van der Waals surface area contributed by atoms with Crippen LogP contribution in [0.4, 0.5) is 0 Å². The molecule has 2 amide bonds. The van der Waals surface area contributed by atoms with Crippen LogP contribution in [0.1, 0.15) is 40.5 Å². The van der Waals surface area contributed by atoms with Gasteiger partial charge in [0.1, 0.15) is 0 Å². The van der Waals surface area contributed by atoms with Crippen molar-refractivity contribution >= 4 is 23.2 Å². The van der Waals surface area contributed by atoms with Crippen molar-refractivity contribution in [2.75, 3.05) is 26.3 Å². The van der Waals surface area contributed by atoms with Gasteiger partial charge in [-0.1, -0.05) is 12.1 Å². The summed E-state index contributed by atoms with van der Waals surface area (Å²) in [4.78, 5) is 34.0. The highest BCUT2D eigenvalue weighted by atomic mass is 32.1. The number of amides is 2. The van der Waals surface area contributed by atoms with Crippen molar-refractivity contribution < 1.29 is 9.59 Å². The van der Waals surface area contributed by atoms with E-state index in [0.29, 0.717) is 13.1 Å². The van der Waals surface area contributed by atoms with E-state index in [0.717, 1.165) is 43.0 Å². The molecule has 7 heteroatoms. The first kappa shape index (κ1) is 18.1. The van der Waals surface area contributed by atoms with Gasteiger partial charge in [-0.25, -0.2) is 0 Å². The number of hydrogen-bond acceptors (Lipinski definition) is 5. The standard InChI is InChI=1S/C20H24N4O2S/c25-19-12-15(17-4-1-2-8-21-17)13-24(19)14-23-9-6-16(7-10-23)22-20(26)18-5-3-11-27-18/h1-5,8,11,15-16H,6-7,9-10,12-14H2,(H,22,26)/t15-/m1/s1. The summed E-state index contributed by atoms with van der Waals surface area (Å²) in [6.07, 6.45) is 4.17. The van der Waals surface area contributed by atoms with Gasteiger partial charge in [-0.2, -0.15) is 0 Å². The Morgan fingerprint density at radius 3 is 2.78 bits per heavy atom. The highest BCUT2D eigenvalue weighted by molar-refractivity contribution is 7.12. The molecule has 2 saturated heterocycles. The van der Waals surface area contributed by atoms with E-state index in [9.17, 15) is 9.59 Å². The van der Waals surface area contributed by atoms with Crippen LogP contribution in [0.25, 0.3) is 0 Å². The maximum Gasteiger partial charge on any atom is 0.261 e. The molecule has 0 unspecified atom stereocenters. The number of carbonyl (C=O) groups is 2. The molecule has 0 aliphatic carbocycles. The summed E-state index contributed by atoms with van der Waals surface area (Å²) in [7, 11) is 0. The Morgan fingerprint density at radius 2 is 2.07 bits per heavy atom. The van der Waals surface area contributed by atoms with E-state index < -0.39 is 0 Å². The largest absolute Gasteiger partial charge is 0.349 e. The van der Waals surface area contributed by atoms with Gasteiger partial charge >= 0.3 is 0 Å². The molecular weight excluding hydrogens is 360 g/mol. The van der Waals surface area contributed by atoms with Crippen LogP contribution in [-0.4, -0.2) is 58.9 Å². The van der Waals surface area contributed by atoms with Crippen LogP contribution in [0.5, 0.6) is 0 Å². The second-order valence-corrected chi connectivity index (χ2v) is 8.20. The van der Waals surface area contributed by atoms with Crippen LogP contribution in [0.3, 0.4) is 0 Å². The number of aromatic nitrogens is 1. The van der Waals surface area contributed by atoms with Crippen molar-refractivity contribution in [3.8, 4) is 0 Å². The predicted molar refractivity (Wildman–Crippen MR) is 105 cm³/mol. The van der Waals surface area contributed by atoms with E-state index >= 15 is 0 Å². The monoisotopic (exact) mass is 384 g/mol. The summed E-state index contributed by atoms with van der Waals surface area (Å²) < 4.78 is 0. The average Bonchev–Trinajstić information content (AvgIpc) is 3.35. The van der Waals surface area contributed by atoms with Gasteiger partial charge < -0.3 is 10.2 Å². The molecule has 2 fully saturated rings. The fourth-order valence-corrected chi connectivity index (χ4v) is 4.48. The molecule has 2 aromatic heterocycles. The smallest absolute Gasteiger partial charge is 0.261 e. The van der Waals surface area contributed by atoms with Crippen molar-refractivity contribution in [3.05, 3.63) is 52.5 Å². The topological polar surface area (TPSA) is 65.5 Å². The molecule has 0 aromatic carbocycles. The molecule has 6 nitrogen and oxygen atoms in total. The summed E-state index contributed by atoms with van der Waals surface area (Å²) in [6, 6.07) is 9.85. The molecule has 142 valence electrons. The molecule has 1 N–H and O–H groups in total. The fourth-order valence-electron chi connectivity index (χ4n) is 3.85. The molecule has 2 aliphatic rings. The minimum absolute atomic E-state index is 0.0244. The quantitative estimate of drug-likeness (QED) is 0.859. The summed E-state index contributed by atoms with van der Waals surface area (Å²) in [5, 5.41) is 5.05. The Bertz CT molecular complexity index is 773. The van der Waals surface area contributed by atoms with E-state index in [1.54, 1.807) is 6.20 Å². The van der Waals surface area contributed by atoms with Crippen LogP contribution in [0.15, 0.2) is 41.9 Å². The van der Waals surface area contributed by atoms with Crippen LogP contribution in [0, 0.1) is 0 Å². The van der Waals surface area contributed by atoms with Crippen LogP contribution in [-0.2, 0) is 4.79 Å². The molecule has 27 heavy (non-hydrogen) atoms. The number of carbonyl (C=O) groups excluding carboxylic acids is 2. The Hall–Kier alpha value is -2.25. The maximum absolute atomic E-state index is 12.4. The van der Waals surface area contributed by atoms with Crippen molar-refractivity contribution in [2.24, 2.45) is 0 Å². The number of nitrogens with zero attached hydrogens (tertiary/aromatic N) is 3. The van der Waals surface area contributed by atoms with Gasteiger partial charge in [0.25, 0.3) is 5.91 Å². The molecule has 4 rings (SSSR count). The third-order valence-corrected chi connectivity index (χ3v) is 6.23. The van der Waals surface area contributed by atoms with Crippen molar-refractivity contribution in [1.82, 2.24) is 20.1 Å². The van der Waals surface area contributed by atoms with Gasteiger partial charge in [-0.15, -0.1) is 11.3 Å². The van der Waals surface area contributed by atoms with E-state index in [4.69, 9.17) is 0 Å². The SMILES string of the molecule is O=C(NC1CCN(CN2C[C@H](c3ccccn3)CC2=O)CC1)c1cccs1. The second-order valence-electron chi connectivity index (χ2n) is 7.26. The Labute approximate surface area is 163 Å². The van der Waals surface area contributed by atoms with Gasteiger partial charge in [0.05, 0.1) is 11.5 Å². The zero-order valence-corrected chi connectivity index (χ0v) is 16.0. The van der Waals surface area contributed by atoms with Gasteiger partial charge in [0.2, 0.25) is 5.91 Å². The number of pyridine rings is 1. The van der Waals surface area contributed by atoms with Gasteiger partial charge in [0.15, 0.2) is 0 Å². The molecular formula is C20H24N4O2S. The highest BCUT2D eigenvalue weighted by Gasteiger charge is 2.33. The summed E-state index contributed by atoms with van der Waals surface area (Å²) in [6.45, 7) is 3.21. The van der Waals surface area contributed by atoms with Gasteiger partial charge in [0, 0.05) is 49.9 Å². The van der Waals surface area contributed by atoms with Crippen molar-refractivity contribution in [3.63, 3.8) is 0 Å². The average molecular weight is 385 g/mol. The normalized spacial score (nSPS) is 21.6. The van der Waals surface area contributed by atoms with Crippen LogP contribution in [0.2, 0.25) is 0 Å². The maximum atomic E-state index is 12.4. The van der Waals surface area contributed by atoms with Gasteiger partial charge in [-0.3, -0.25) is 19.5 Å². The minimum atomic E-state index is 0.0244. The summed E-state index contributed by atoms with van der Waals surface area (Å²) >= 11 is 1.47. The van der Waals surface area contributed by atoms with E-state index in [-0.39, 0.29) is 23.8 Å². The molecule has 2 aliphatic heterocycles. The molecule has 0 spiro atoms. The third-order valence-electron chi connectivity index (χ3n) is 5.36. The number of likely N-dealkylation sites (tertiary alicyclic amines) is 2. The first-order chi connectivity index (χ1) is 13.2. The lowest BCUT2D eigenvalue weighted by Gasteiger charge is -2.34. The zero-order chi connectivity index (χ0) is 18.6. The number of piperidine rings is 1. The van der Waals surface area contributed by atoms with E-state index in [2.05, 4.69) is 15.2 Å². The lowest BCUT2D eigenvalue weighted by molar-refractivity contribution is -0.129. The number of thiophene rings is 1. The number of nitrogens with one attached hydrogen (secondary N) is 1. The lowest BCUT2D eigenvalue weighted by atomic mass is 10.0. The Morgan fingerprint density at radius 1 is 1.22 bits per heavy atom. The third kappa shape index (κ3) is 4.36. The molecule has 0 saturated carbocycles. The summed E-state index contributed by atoms with van der Waals surface area (Å²) in [5.74, 6) is 0.427. The van der Waals surface area contributed by atoms with Crippen LogP contribution >= 0.6 is 11.3 Å². The van der Waals surface area contributed by atoms with Gasteiger partial charge in [-0.05, 0) is 36.4 Å². The molecule has 1 atom stereocenters. The molecule has 0 bridgehead atoms. The summed E-state index contributed by atoms with van der Waals surface area (Å²) in [5.41, 5.74) is 1.00. The number of rotatable bonds is 5. The highest BCUT2D eigenvalue weighted by Crippen LogP contribution is 2.27. The lowest BCUT2D eigenvalue weighted by Crippen LogP contribution is -2.48. The first-order valence-electron chi connectivity index (χ1n) is 9.44. The van der Waals surface area contributed by atoms with Crippen LogP contribution < -0.4 is 5.32 Å². The van der Waals surface area contributed by atoms with Crippen molar-refractivity contribution in [1.29, 1.82) is 0 Å². The fraction of sp³-hybridized carbons (Fsp3) is 0.450. The zero-order valence-electron chi connectivity index (χ0n) is 15.2. The van der Waals surface area contributed by atoms with E-state index in [1.807, 2.05) is 40.6 Å². The molecule has 0 radical (unpaired) electrons. The van der Waals surface area contributed by atoms with E-state index in [1.165, 1.54) is 11.3 Å². The second kappa shape index (κ2) is 8.19. The first-order valence-corrected chi connectivity index (χ1v) is 10.3. The number of hydrogen-bond donors (Lipinski definition) is 1. The molecule has 4 heterocycles. The minimum Gasteiger partial charge on any atom is -0.349 e. The predicted octanol–water partition coefficient (Wildman–Crippen LogP) is 2.31. The molecule has 2 aromatic rings. The van der Waals surface area contributed by atoms with Crippen molar-refractivity contribution in [2.45, 2.75) is 31.2 Å². The Balaban J connectivity index is 1.24.